The van der Waals surface area contributed by atoms with Crippen LogP contribution >= 0.6 is 0 Å². The highest BCUT2D eigenvalue weighted by Gasteiger charge is 2.28. The summed E-state index contributed by atoms with van der Waals surface area (Å²) in [5, 5.41) is 2.82. The van der Waals surface area contributed by atoms with E-state index in [9.17, 15) is 13.2 Å². The van der Waals surface area contributed by atoms with E-state index in [0.717, 1.165) is 17.1 Å². The van der Waals surface area contributed by atoms with Crippen LogP contribution in [0.3, 0.4) is 0 Å². The number of anilines is 1. The first-order valence-corrected chi connectivity index (χ1v) is 13.1. The molecule has 0 radical (unpaired) electrons. The van der Waals surface area contributed by atoms with Gasteiger partial charge in [-0.3, -0.25) is 9.10 Å². The third-order valence-electron chi connectivity index (χ3n) is 5.82. The summed E-state index contributed by atoms with van der Waals surface area (Å²) in [4.78, 5) is 12.7. The number of sulfonamides is 1. The lowest BCUT2D eigenvalue weighted by molar-refractivity contribution is -0.119. The predicted octanol–water partition coefficient (Wildman–Crippen LogP) is 3.75. The van der Waals surface area contributed by atoms with Crippen LogP contribution in [0, 0.1) is 0 Å². The first kappa shape index (κ1) is 25.8. The van der Waals surface area contributed by atoms with Crippen molar-refractivity contribution in [2.24, 2.45) is 0 Å². The number of nitrogens with one attached hydrogen (secondary N) is 1. The summed E-state index contributed by atoms with van der Waals surface area (Å²) < 4.78 is 44.5. The Bertz CT molecular complexity index is 1020. The van der Waals surface area contributed by atoms with Gasteiger partial charge in [0, 0.05) is 19.2 Å². The number of benzene rings is 2. The van der Waals surface area contributed by atoms with Gasteiger partial charge in [0.25, 0.3) is 10.0 Å². The summed E-state index contributed by atoms with van der Waals surface area (Å²) in [6.07, 6.45) is 6.91. The summed E-state index contributed by atoms with van der Waals surface area (Å²) >= 11 is 0. The zero-order valence-corrected chi connectivity index (χ0v) is 20.7. The average Bonchev–Trinajstić information content (AvgIpc) is 2.87. The topological polar surface area (TPSA) is 94.2 Å². The Hall–Kier alpha value is -2.78. The van der Waals surface area contributed by atoms with Crippen molar-refractivity contribution in [1.29, 1.82) is 0 Å². The zero-order valence-electron chi connectivity index (χ0n) is 19.9. The molecule has 0 atom stereocenters. The molecule has 9 heteroatoms. The Balaban J connectivity index is 1.66. The molecule has 1 saturated carbocycles. The number of hydrogen-bond acceptors (Lipinski definition) is 6. The van der Waals surface area contributed by atoms with E-state index in [1.165, 1.54) is 51.7 Å². The Morgan fingerprint density at radius 3 is 2.38 bits per heavy atom. The van der Waals surface area contributed by atoms with Crippen molar-refractivity contribution in [1.82, 2.24) is 5.32 Å². The molecule has 1 fully saturated rings. The minimum atomic E-state index is -4.04. The van der Waals surface area contributed by atoms with E-state index in [4.69, 9.17) is 14.2 Å². The molecule has 186 valence electrons. The van der Waals surface area contributed by atoms with Crippen molar-refractivity contribution in [2.75, 3.05) is 38.2 Å². The van der Waals surface area contributed by atoms with Gasteiger partial charge in [-0.2, -0.15) is 0 Å². The summed E-state index contributed by atoms with van der Waals surface area (Å²) in [6, 6.07) is 12.9. The van der Waals surface area contributed by atoms with Crippen LogP contribution in [-0.2, 0) is 19.6 Å². The van der Waals surface area contributed by atoms with Gasteiger partial charge in [0.15, 0.2) is 11.5 Å². The fraction of sp³-hybridized carbons (Fsp3) is 0.480. The highest BCUT2D eigenvalue weighted by Crippen LogP contribution is 2.32. The van der Waals surface area contributed by atoms with E-state index in [1.54, 1.807) is 30.3 Å². The molecule has 0 aromatic heterocycles. The van der Waals surface area contributed by atoms with E-state index in [2.05, 4.69) is 5.32 Å². The van der Waals surface area contributed by atoms with Crippen LogP contribution in [0.1, 0.15) is 38.5 Å². The third-order valence-corrected chi connectivity index (χ3v) is 7.59. The van der Waals surface area contributed by atoms with Gasteiger partial charge >= 0.3 is 0 Å². The normalized spacial score (nSPS) is 14.4. The highest BCUT2D eigenvalue weighted by molar-refractivity contribution is 7.92. The molecule has 0 bridgehead atoms. The van der Waals surface area contributed by atoms with Crippen molar-refractivity contribution in [3.05, 3.63) is 48.5 Å². The predicted molar refractivity (Wildman–Crippen MR) is 131 cm³/mol. The number of ether oxygens (including phenoxy) is 3. The van der Waals surface area contributed by atoms with E-state index < -0.39 is 10.0 Å². The average molecular weight is 491 g/mol. The Morgan fingerprint density at radius 2 is 1.71 bits per heavy atom. The van der Waals surface area contributed by atoms with E-state index in [0.29, 0.717) is 42.9 Å². The van der Waals surface area contributed by atoms with Crippen LogP contribution in [0.25, 0.3) is 0 Å². The quantitative estimate of drug-likeness (QED) is 0.456. The molecule has 2 aromatic rings. The molecular formula is C25H34N2O6S. The lowest BCUT2D eigenvalue weighted by atomic mass is 9.98. The van der Waals surface area contributed by atoms with Crippen molar-refractivity contribution in [3.8, 4) is 11.5 Å². The van der Waals surface area contributed by atoms with Crippen LogP contribution in [0.4, 0.5) is 5.69 Å². The van der Waals surface area contributed by atoms with Gasteiger partial charge in [-0.25, -0.2) is 8.42 Å². The van der Waals surface area contributed by atoms with E-state index in [1.807, 2.05) is 0 Å². The molecule has 34 heavy (non-hydrogen) atoms. The maximum absolute atomic E-state index is 13.5. The standard InChI is InChI=1S/C25H34N2O6S/c1-31-23-15-14-22(18-24(23)32-2)34(29,30)27(20-10-5-3-6-11-20)19-25(28)26-16-9-17-33-21-12-7-4-8-13-21/h3,5-6,10-11,14-15,18,21H,4,7-9,12-13,16-17,19H2,1-2H3,(H,26,28). The van der Waals surface area contributed by atoms with Gasteiger partial charge in [0.05, 0.1) is 30.9 Å². The second-order valence-corrected chi connectivity index (χ2v) is 10.1. The van der Waals surface area contributed by atoms with Gasteiger partial charge in [-0.1, -0.05) is 37.5 Å². The van der Waals surface area contributed by atoms with E-state index in [-0.39, 0.29) is 17.3 Å². The Kier molecular flexibility index (Phi) is 9.59. The molecule has 0 unspecified atom stereocenters. The minimum Gasteiger partial charge on any atom is -0.493 e. The van der Waals surface area contributed by atoms with Crippen LogP contribution in [-0.4, -0.2) is 54.3 Å². The molecule has 0 spiro atoms. The Labute approximate surface area is 202 Å². The van der Waals surface area contributed by atoms with Crippen LogP contribution in [0.2, 0.25) is 0 Å². The molecule has 8 nitrogen and oxygen atoms in total. The number of carbonyl (C=O) groups is 1. The molecule has 3 rings (SSSR count). The van der Waals surface area contributed by atoms with Crippen molar-refractivity contribution >= 4 is 21.6 Å². The third kappa shape index (κ3) is 6.87. The second kappa shape index (κ2) is 12.6. The van der Waals surface area contributed by atoms with Gasteiger partial charge in [-0.15, -0.1) is 0 Å². The summed E-state index contributed by atoms with van der Waals surface area (Å²) in [5.74, 6) is 0.325. The summed E-state index contributed by atoms with van der Waals surface area (Å²) in [5.41, 5.74) is 0.396. The maximum atomic E-state index is 13.5. The zero-order chi connectivity index (χ0) is 24.4. The van der Waals surface area contributed by atoms with Crippen molar-refractivity contribution in [3.63, 3.8) is 0 Å². The molecule has 0 heterocycles. The maximum Gasteiger partial charge on any atom is 0.264 e. The SMILES string of the molecule is COc1ccc(S(=O)(=O)N(CC(=O)NCCCOC2CCCCC2)c2ccccc2)cc1OC. The molecule has 1 aliphatic carbocycles. The molecule has 1 N–H and O–H groups in total. The fourth-order valence-corrected chi connectivity index (χ4v) is 5.42. The highest BCUT2D eigenvalue weighted by atomic mass is 32.2. The molecule has 0 saturated heterocycles. The van der Waals surface area contributed by atoms with Crippen LogP contribution in [0.5, 0.6) is 11.5 Å². The van der Waals surface area contributed by atoms with Gasteiger partial charge in [-0.05, 0) is 43.5 Å². The largest absolute Gasteiger partial charge is 0.493 e. The number of methoxy groups -OCH3 is 2. The van der Waals surface area contributed by atoms with Gasteiger partial charge < -0.3 is 19.5 Å². The number of nitrogens with zero attached hydrogens (tertiary/aromatic N) is 1. The van der Waals surface area contributed by atoms with Gasteiger partial charge in [0.1, 0.15) is 6.54 Å². The molecule has 0 aliphatic heterocycles. The second-order valence-electron chi connectivity index (χ2n) is 8.20. The fourth-order valence-electron chi connectivity index (χ4n) is 3.98. The summed E-state index contributed by atoms with van der Waals surface area (Å²) in [7, 11) is -1.13. The van der Waals surface area contributed by atoms with Crippen molar-refractivity contribution < 1.29 is 27.4 Å². The van der Waals surface area contributed by atoms with Crippen molar-refractivity contribution in [2.45, 2.75) is 49.5 Å². The smallest absolute Gasteiger partial charge is 0.264 e. The van der Waals surface area contributed by atoms with E-state index >= 15 is 0 Å². The number of carbonyl (C=O) groups excluding carboxylic acids is 1. The number of amides is 1. The number of hydrogen-bond donors (Lipinski definition) is 1. The lowest BCUT2D eigenvalue weighted by Crippen LogP contribution is -2.41. The molecular weight excluding hydrogens is 456 g/mol. The first-order chi connectivity index (χ1) is 16.5. The molecule has 1 aliphatic rings. The first-order valence-electron chi connectivity index (χ1n) is 11.6. The van der Waals surface area contributed by atoms with Gasteiger partial charge in [0.2, 0.25) is 5.91 Å². The molecule has 1 amide bonds. The minimum absolute atomic E-state index is 0.00249. The monoisotopic (exact) mass is 490 g/mol. The number of rotatable bonds is 12. The van der Waals surface area contributed by atoms with Crippen LogP contribution < -0.4 is 19.1 Å². The van der Waals surface area contributed by atoms with Crippen LogP contribution in [0.15, 0.2) is 53.4 Å². The molecule has 2 aromatic carbocycles. The Morgan fingerprint density at radius 1 is 1.00 bits per heavy atom. The summed E-state index contributed by atoms with van der Waals surface area (Å²) in [6.45, 7) is 0.659. The lowest BCUT2D eigenvalue weighted by Gasteiger charge is -2.24. The number of para-hydroxylation sites is 1.